The third-order valence-corrected chi connectivity index (χ3v) is 2.57. The van der Waals surface area contributed by atoms with Crippen LogP contribution in [0.5, 0.6) is 5.75 Å². The van der Waals surface area contributed by atoms with E-state index >= 15 is 0 Å². The van der Waals surface area contributed by atoms with Crippen LogP contribution in [0.15, 0.2) is 23.1 Å². The summed E-state index contributed by atoms with van der Waals surface area (Å²) in [6.45, 7) is 0.202. The van der Waals surface area contributed by atoms with Gasteiger partial charge in [-0.2, -0.15) is 0 Å². The van der Waals surface area contributed by atoms with Crippen molar-refractivity contribution in [3.05, 3.63) is 23.8 Å². The zero-order valence-corrected chi connectivity index (χ0v) is 7.48. The van der Waals surface area contributed by atoms with Gasteiger partial charge >= 0.3 is 0 Å². The van der Waals surface area contributed by atoms with E-state index in [2.05, 4.69) is 0 Å². The van der Waals surface area contributed by atoms with Gasteiger partial charge in [-0.1, -0.05) is 0 Å². The van der Waals surface area contributed by atoms with Crippen molar-refractivity contribution in [1.82, 2.24) is 0 Å². The van der Waals surface area contributed by atoms with E-state index < -0.39 is 0 Å². The van der Waals surface area contributed by atoms with Crippen LogP contribution in [0.25, 0.3) is 0 Å². The molecule has 2 nitrogen and oxygen atoms in total. The quantitative estimate of drug-likeness (QED) is 0.618. The standard InChI is InChI=1S/C9H8O2S/c1-12-6-2-3-7-8(10)5-11-9(7)4-6/h2-4H,5H2,1H3. The van der Waals surface area contributed by atoms with Crippen LogP contribution in [0.4, 0.5) is 0 Å². The van der Waals surface area contributed by atoms with Gasteiger partial charge in [0, 0.05) is 4.90 Å². The van der Waals surface area contributed by atoms with E-state index in [1.165, 1.54) is 0 Å². The lowest BCUT2D eigenvalue weighted by molar-refractivity contribution is 0.0961. The van der Waals surface area contributed by atoms with Crippen LogP contribution in [0, 0.1) is 0 Å². The van der Waals surface area contributed by atoms with Gasteiger partial charge in [-0.3, -0.25) is 4.79 Å². The summed E-state index contributed by atoms with van der Waals surface area (Å²) < 4.78 is 5.19. The number of carbonyl (C=O) groups is 1. The van der Waals surface area contributed by atoms with Crippen molar-refractivity contribution in [3.63, 3.8) is 0 Å². The molecule has 0 aliphatic carbocycles. The maximum atomic E-state index is 11.1. The topological polar surface area (TPSA) is 26.3 Å². The highest BCUT2D eigenvalue weighted by molar-refractivity contribution is 7.98. The van der Waals surface area contributed by atoms with Gasteiger partial charge in [0.05, 0.1) is 5.56 Å². The summed E-state index contributed by atoms with van der Waals surface area (Å²) in [4.78, 5) is 12.3. The van der Waals surface area contributed by atoms with Gasteiger partial charge in [0.25, 0.3) is 0 Å². The second-order valence-corrected chi connectivity index (χ2v) is 3.45. The van der Waals surface area contributed by atoms with Crippen LogP contribution >= 0.6 is 11.8 Å². The van der Waals surface area contributed by atoms with Crippen LogP contribution in [0.3, 0.4) is 0 Å². The summed E-state index contributed by atoms with van der Waals surface area (Å²) in [5.41, 5.74) is 0.716. The molecule has 0 fully saturated rings. The Bertz CT molecular complexity index is 333. The Hall–Kier alpha value is -0.960. The average Bonchev–Trinajstić information content (AvgIpc) is 2.47. The average molecular weight is 180 g/mol. The summed E-state index contributed by atoms with van der Waals surface area (Å²) in [5.74, 6) is 0.810. The predicted octanol–water partition coefficient (Wildman–Crippen LogP) is 1.98. The number of Topliss-reactive ketones (excluding diaryl/α,β-unsaturated/α-hetero) is 1. The number of benzene rings is 1. The number of fused-ring (bicyclic) bond motifs is 1. The molecule has 3 heteroatoms. The molecular weight excluding hydrogens is 172 g/mol. The molecule has 1 aliphatic rings. The van der Waals surface area contributed by atoms with E-state index in [1.807, 2.05) is 24.5 Å². The molecule has 1 heterocycles. The Morgan fingerprint density at radius 2 is 2.33 bits per heavy atom. The minimum Gasteiger partial charge on any atom is -0.485 e. The van der Waals surface area contributed by atoms with Crippen molar-refractivity contribution in [2.45, 2.75) is 4.90 Å². The molecule has 0 amide bonds. The Balaban J connectivity index is 2.48. The number of carbonyl (C=O) groups excluding carboxylic acids is 1. The van der Waals surface area contributed by atoms with Gasteiger partial charge in [-0.05, 0) is 24.5 Å². The van der Waals surface area contributed by atoms with E-state index in [0.717, 1.165) is 10.6 Å². The lowest BCUT2D eigenvalue weighted by Crippen LogP contribution is -1.98. The van der Waals surface area contributed by atoms with Crippen molar-refractivity contribution < 1.29 is 9.53 Å². The van der Waals surface area contributed by atoms with E-state index in [-0.39, 0.29) is 12.4 Å². The van der Waals surface area contributed by atoms with Crippen LogP contribution in [0.1, 0.15) is 10.4 Å². The summed E-state index contributed by atoms with van der Waals surface area (Å²) in [6.07, 6.45) is 2.00. The van der Waals surface area contributed by atoms with Crippen molar-refractivity contribution in [2.75, 3.05) is 12.9 Å². The van der Waals surface area contributed by atoms with Crippen LogP contribution in [-0.2, 0) is 0 Å². The fourth-order valence-electron chi connectivity index (χ4n) is 1.20. The number of ether oxygens (including phenoxy) is 1. The van der Waals surface area contributed by atoms with E-state index in [0.29, 0.717) is 5.56 Å². The van der Waals surface area contributed by atoms with Gasteiger partial charge < -0.3 is 4.74 Å². The zero-order chi connectivity index (χ0) is 8.55. The first-order valence-electron chi connectivity index (χ1n) is 3.65. The lowest BCUT2D eigenvalue weighted by Gasteiger charge is -1.99. The molecule has 1 aliphatic heterocycles. The van der Waals surface area contributed by atoms with Gasteiger partial charge in [0.15, 0.2) is 6.61 Å². The van der Waals surface area contributed by atoms with E-state index in [4.69, 9.17) is 4.74 Å². The molecule has 0 spiro atoms. The number of rotatable bonds is 1. The molecule has 0 saturated heterocycles. The number of hydrogen-bond donors (Lipinski definition) is 0. The summed E-state index contributed by atoms with van der Waals surface area (Å²) in [7, 11) is 0. The first kappa shape index (κ1) is 7.68. The monoisotopic (exact) mass is 180 g/mol. The van der Waals surface area contributed by atoms with Crippen LogP contribution in [-0.4, -0.2) is 18.6 Å². The van der Waals surface area contributed by atoms with Gasteiger partial charge in [-0.25, -0.2) is 0 Å². The molecule has 0 N–H and O–H groups in total. The third-order valence-electron chi connectivity index (χ3n) is 1.85. The SMILES string of the molecule is CSc1ccc2c(c1)OCC2=O. The summed E-state index contributed by atoms with van der Waals surface area (Å²) >= 11 is 1.64. The Kier molecular flexibility index (Phi) is 1.81. The first-order valence-corrected chi connectivity index (χ1v) is 4.88. The van der Waals surface area contributed by atoms with E-state index in [1.54, 1.807) is 11.8 Å². The highest BCUT2D eigenvalue weighted by atomic mass is 32.2. The van der Waals surface area contributed by atoms with Crippen molar-refractivity contribution in [3.8, 4) is 5.75 Å². The molecule has 0 radical (unpaired) electrons. The van der Waals surface area contributed by atoms with Crippen molar-refractivity contribution >= 4 is 17.5 Å². The summed E-state index contributed by atoms with van der Waals surface area (Å²) in [5, 5.41) is 0. The van der Waals surface area contributed by atoms with Crippen molar-refractivity contribution in [2.24, 2.45) is 0 Å². The molecule has 0 saturated carbocycles. The Morgan fingerprint density at radius 1 is 1.50 bits per heavy atom. The highest BCUT2D eigenvalue weighted by Gasteiger charge is 2.20. The number of thioether (sulfide) groups is 1. The maximum absolute atomic E-state index is 11.1. The summed E-state index contributed by atoms with van der Waals surface area (Å²) in [6, 6.07) is 5.68. The Labute approximate surface area is 74.9 Å². The molecule has 62 valence electrons. The largest absolute Gasteiger partial charge is 0.485 e. The first-order chi connectivity index (χ1) is 5.81. The highest BCUT2D eigenvalue weighted by Crippen LogP contribution is 2.29. The molecule has 12 heavy (non-hydrogen) atoms. The fraction of sp³-hybridized carbons (Fsp3) is 0.222. The lowest BCUT2D eigenvalue weighted by atomic mass is 10.1. The van der Waals surface area contributed by atoms with Crippen molar-refractivity contribution in [1.29, 1.82) is 0 Å². The van der Waals surface area contributed by atoms with E-state index in [9.17, 15) is 4.79 Å². The van der Waals surface area contributed by atoms with Crippen LogP contribution in [0.2, 0.25) is 0 Å². The second kappa shape index (κ2) is 2.83. The molecule has 0 atom stereocenters. The zero-order valence-electron chi connectivity index (χ0n) is 6.66. The number of hydrogen-bond acceptors (Lipinski definition) is 3. The molecule has 1 aromatic rings. The smallest absolute Gasteiger partial charge is 0.203 e. The van der Waals surface area contributed by atoms with Gasteiger partial charge in [0.1, 0.15) is 5.75 Å². The van der Waals surface area contributed by atoms with Crippen LogP contribution < -0.4 is 4.74 Å². The van der Waals surface area contributed by atoms with Gasteiger partial charge in [-0.15, -0.1) is 11.8 Å². The minimum absolute atomic E-state index is 0.0812. The van der Waals surface area contributed by atoms with Gasteiger partial charge in [0.2, 0.25) is 5.78 Å². The molecule has 0 aromatic heterocycles. The predicted molar refractivity (Wildman–Crippen MR) is 48.0 cm³/mol. The fourth-order valence-corrected chi connectivity index (χ4v) is 1.63. The molecule has 0 unspecified atom stereocenters. The minimum atomic E-state index is 0.0812. The third kappa shape index (κ3) is 1.10. The Morgan fingerprint density at radius 3 is 3.08 bits per heavy atom. The maximum Gasteiger partial charge on any atom is 0.203 e. The second-order valence-electron chi connectivity index (χ2n) is 2.57. The molecule has 0 bridgehead atoms. The number of ketones is 1. The normalized spacial score (nSPS) is 14.2. The molecular formula is C9H8O2S. The molecule has 1 aromatic carbocycles. The molecule has 2 rings (SSSR count).